The lowest BCUT2D eigenvalue weighted by atomic mass is 10.2. The molecular weight excluding hydrogens is 260 g/mol. The van der Waals surface area contributed by atoms with E-state index in [9.17, 15) is 0 Å². The van der Waals surface area contributed by atoms with Gasteiger partial charge in [-0.05, 0) is 37.6 Å². The molecule has 1 heterocycles. The molecule has 0 radical (unpaired) electrons. The second-order valence-electron chi connectivity index (χ2n) is 4.24. The maximum atomic E-state index is 5.07. The Morgan fingerprint density at radius 2 is 2.16 bits per heavy atom. The topological polar surface area (TPSA) is 62.8 Å². The van der Waals surface area contributed by atoms with Gasteiger partial charge in [-0.25, -0.2) is 4.98 Å². The average molecular weight is 278 g/mol. The lowest BCUT2D eigenvalue weighted by Crippen LogP contribution is -2.16. The number of benzene rings is 1. The van der Waals surface area contributed by atoms with Gasteiger partial charge in [0.15, 0.2) is 5.16 Å². The summed E-state index contributed by atoms with van der Waals surface area (Å²) in [4.78, 5) is 5.21. The summed E-state index contributed by atoms with van der Waals surface area (Å²) in [7, 11) is 1.72. The Hall–Kier alpha value is -1.53. The van der Waals surface area contributed by atoms with E-state index in [4.69, 9.17) is 4.74 Å². The van der Waals surface area contributed by atoms with E-state index >= 15 is 0 Å². The minimum atomic E-state index is 0.396. The third kappa shape index (κ3) is 4.57. The van der Waals surface area contributed by atoms with Crippen molar-refractivity contribution in [3.8, 4) is 0 Å². The number of aromatic nitrogens is 3. The van der Waals surface area contributed by atoms with E-state index in [0.29, 0.717) is 6.04 Å². The minimum absolute atomic E-state index is 0.396. The van der Waals surface area contributed by atoms with Crippen LogP contribution in [0, 0.1) is 0 Å². The molecule has 102 valence electrons. The number of hydrogen-bond donors (Lipinski definition) is 2. The number of methoxy groups -OCH3 is 1. The molecule has 0 aliphatic rings. The molecule has 2 rings (SSSR count). The second kappa shape index (κ2) is 7.16. The third-order valence-electron chi connectivity index (χ3n) is 2.63. The summed E-state index contributed by atoms with van der Waals surface area (Å²) in [6.45, 7) is 2.92. The van der Waals surface area contributed by atoms with Gasteiger partial charge in [0.05, 0.1) is 0 Å². The summed E-state index contributed by atoms with van der Waals surface area (Å²) in [5.41, 5.74) is 1.12. The summed E-state index contributed by atoms with van der Waals surface area (Å²) in [5, 5.41) is 10.9. The van der Waals surface area contributed by atoms with Gasteiger partial charge in [0, 0.05) is 30.3 Å². The first-order valence-electron chi connectivity index (χ1n) is 6.16. The van der Waals surface area contributed by atoms with Gasteiger partial charge in [0.1, 0.15) is 6.33 Å². The zero-order valence-electron chi connectivity index (χ0n) is 11.1. The molecule has 0 aliphatic heterocycles. The highest BCUT2D eigenvalue weighted by molar-refractivity contribution is 7.99. The Morgan fingerprint density at radius 3 is 2.79 bits per heavy atom. The Morgan fingerprint density at radius 1 is 1.37 bits per heavy atom. The van der Waals surface area contributed by atoms with Gasteiger partial charge in [0.2, 0.25) is 0 Å². The number of nitrogens with one attached hydrogen (secondary N) is 2. The number of aromatic amines is 1. The van der Waals surface area contributed by atoms with Crippen molar-refractivity contribution < 1.29 is 4.74 Å². The minimum Gasteiger partial charge on any atom is -0.385 e. The van der Waals surface area contributed by atoms with E-state index < -0.39 is 0 Å². The number of H-pyrrole nitrogens is 1. The fourth-order valence-corrected chi connectivity index (χ4v) is 2.32. The highest BCUT2D eigenvalue weighted by Crippen LogP contribution is 2.25. The van der Waals surface area contributed by atoms with Crippen molar-refractivity contribution in [1.29, 1.82) is 0 Å². The average Bonchev–Trinajstić information content (AvgIpc) is 2.91. The Bertz CT molecular complexity index is 472. The van der Waals surface area contributed by atoms with Gasteiger partial charge < -0.3 is 10.1 Å². The first kappa shape index (κ1) is 13.9. The molecule has 0 fully saturated rings. The van der Waals surface area contributed by atoms with E-state index in [1.807, 2.05) is 0 Å². The molecule has 6 heteroatoms. The molecule has 0 spiro atoms. The molecule has 2 N–H and O–H groups in total. The van der Waals surface area contributed by atoms with Crippen LogP contribution in [0.3, 0.4) is 0 Å². The zero-order chi connectivity index (χ0) is 13.5. The van der Waals surface area contributed by atoms with Crippen LogP contribution in [0.4, 0.5) is 5.69 Å². The van der Waals surface area contributed by atoms with E-state index in [-0.39, 0.29) is 0 Å². The van der Waals surface area contributed by atoms with Crippen molar-refractivity contribution in [2.45, 2.75) is 29.4 Å². The van der Waals surface area contributed by atoms with Crippen molar-refractivity contribution in [2.75, 3.05) is 19.0 Å². The van der Waals surface area contributed by atoms with Crippen LogP contribution < -0.4 is 5.32 Å². The maximum Gasteiger partial charge on any atom is 0.188 e. The summed E-state index contributed by atoms with van der Waals surface area (Å²) in [6.07, 6.45) is 2.50. The molecule has 0 saturated carbocycles. The van der Waals surface area contributed by atoms with Crippen molar-refractivity contribution in [3.63, 3.8) is 0 Å². The highest BCUT2D eigenvalue weighted by Gasteiger charge is 2.03. The van der Waals surface area contributed by atoms with Crippen LogP contribution in [-0.2, 0) is 4.74 Å². The fraction of sp³-hybridized carbons (Fsp3) is 0.385. The molecule has 0 bridgehead atoms. The van der Waals surface area contributed by atoms with Crippen molar-refractivity contribution in [1.82, 2.24) is 15.2 Å². The van der Waals surface area contributed by atoms with Crippen LogP contribution in [0.25, 0.3) is 0 Å². The van der Waals surface area contributed by atoms with Crippen LogP contribution in [0.5, 0.6) is 0 Å². The van der Waals surface area contributed by atoms with Gasteiger partial charge >= 0.3 is 0 Å². The molecule has 0 aliphatic carbocycles. The molecule has 1 atom stereocenters. The number of hydrogen-bond acceptors (Lipinski definition) is 5. The standard InChI is InChI=1S/C13H18N4OS/c1-10(7-8-18-2)16-11-3-5-12(6-4-11)19-13-14-9-15-17-13/h3-6,9-10,16H,7-8H2,1-2H3,(H,14,15,17). The molecule has 0 amide bonds. The smallest absolute Gasteiger partial charge is 0.188 e. The van der Waals surface area contributed by atoms with Crippen molar-refractivity contribution >= 4 is 17.4 Å². The van der Waals surface area contributed by atoms with E-state index in [0.717, 1.165) is 28.8 Å². The molecular formula is C13H18N4OS. The van der Waals surface area contributed by atoms with Gasteiger partial charge in [-0.1, -0.05) is 11.8 Å². The monoisotopic (exact) mass is 278 g/mol. The Kier molecular flexibility index (Phi) is 5.23. The zero-order valence-corrected chi connectivity index (χ0v) is 11.9. The maximum absolute atomic E-state index is 5.07. The number of rotatable bonds is 7. The molecule has 1 aromatic heterocycles. The molecule has 0 saturated heterocycles. The SMILES string of the molecule is COCCC(C)Nc1ccc(Sc2ncn[nH]2)cc1. The van der Waals surface area contributed by atoms with Crippen molar-refractivity contribution in [3.05, 3.63) is 30.6 Å². The summed E-state index contributed by atoms with van der Waals surface area (Å²) < 4.78 is 5.07. The Labute approximate surface area is 117 Å². The number of anilines is 1. The first-order valence-corrected chi connectivity index (χ1v) is 6.98. The van der Waals surface area contributed by atoms with Gasteiger partial charge in [-0.2, -0.15) is 5.10 Å². The molecule has 1 unspecified atom stereocenters. The molecule has 5 nitrogen and oxygen atoms in total. The van der Waals surface area contributed by atoms with Crippen molar-refractivity contribution in [2.24, 2.45) is 0 Å². The van der Waals surface area contributed by atoms with Crippen LogP contribution >= 0.6 is 11.8 Å². The van der Waals surface area contributed by atoms with Crippen LogP contribution in [0.2, 0.25) is 0 Å². The lowest BCUT2D eigenvalue weighted by molar-refractivity contribution is 0.191. The predicted molar refractivity (Wildman–Crippen MR) is 76.5 cm³/mol. The van der Waals surface area contributed by atoms with E-state index in [2.05, 4.69) is 51.7 Å². The fourth-order valence-electron chi connectivity index (χ4n) is 1.63. The van der Waals surface area contributed by atoms with Crippen LogP contribution in [0.15, 0.2) is 40.6 Å². The van der Waals surface area contributed by atoms with E-state index in [1.54, 1.807) is 18.9 Å². The van der Waals surface area contributed by atoms with Gasteiger partial charge in [0.25, 0.3) is 0 Å². The third-order valence-corrected chi connectivity index (χ3v) is 3.53. The molecule has 19 heavy (non-hydrogen) atoms. The summed E-state index contributed by atoms with van der Waals surface area (Å²) >= 11 is 1.56. The Balaban J connectivity index is 1.87. The normalized spacial score (nSPS) is 12.3. The van der Waals surface area contributed by atoms with Crippen LogP contribution in [-0.4, -0.2) is 34.9 Å². The second-order valence-corrected chi connectivity index (χ2v) is 5.31. The predicted octanol–water partition coefficient (Wildman–Crippen LogP) is 2.79. The molecule has 2 aromatic rings. The lowest BCUT2D eigenvalue weighted by Gasteiger charge is -2.14. The highest BCUT2D eigenvalue weighted by atomic mass is 32.2. The van der Waals surface area contributed by atoms with Gasteiger partial charge in [-0.15, -0.1) is 0 Å². The largest absolute Gasteiger partial charge is 0.385 e. The molecule has 1 aromatic carbocycles. The van der Waals surface area contributed by atoms with Gasteiger partial charge in [-0.3, -0.25) is 5.10 Å². The summed E-state index contributed by atoms with van der Waals surface area (Å²) in [6, 6.07) is 8.67. The number of nitrogens with zero attached hydrogens (tertiary/aromatic N) is 2. The van der Waals surface area contributed by atoms with E-state index in [1.165, 1.54) is 6.33 Å². The quantitative estimate of drug-likeness (QED) is 0.815. The number of ether oxygens (including phenoxy) is 1. The first-order chi connectivity index (χ1) is 9.28. The van der Waals surface area contributed by atoms with Crippen LogP contribution in [0.1, 0.15) is 13.3 Å². The summed E-state index contributed by atoms with van der Waals surface area (Å²) in [5.74, 6) is 0.